The number of alkyl halides is 1. The number of allylic oxidation sites excluding steroid dienone is 4. The van der Waals surface area contributed by atoms with E-state index in [0.29, 0.717) is 24.8 Å². The zero-order valence-corrected chi connectivity index (χ0v) is 17.8. The summed E-state index contributed by atoms with van der Waals surface area (Å²) in [6, 6.07) is 0. The molecule has 8 atom stereocenters. The van der Waals surface area contributed by atoms with Gasteiger partial charge >= 0.3 is 5.97 Å². The van der Waals surface area contributed by atoms with Crippen molar-refractivity contribution in [3.8, 4) is 0 Å². The first-order valence-corrected chi connectivity index (χ1v) is 10.7. The van der Waals surface area contributed by atoms with E-state index in [-0.39, 0.29) is 18.1 Å². The normalized spacial score (nSPS) is 53.4. The maximum atomic E-state index is 17.0. The Morgan fingerprint density at radius 1 is 1.23 bits per heavy atom. The first kappa shape index (κ1) is 20.3. The number of ether oxygens (including phenoxy) is 2. The van der Waals surface area contributed by atoms with Crippen LogP contribution in [0.4, 0.5) is 4.39 Å². The van der Waals surface area contributed by atoms with Gasteiger partial charge < -0.3 is 19.7 Å². The number of aliphatic carboxylic acids is 1. The second-order valence-corrected chi connectivity index (χ2v) is 10.6. The largest absolute Gasteiger partial charge is 0.479 e. The fourth-order valence-corrected chi connectivity index (χ4v) is 7.68. The molecule has 3 saturated carbocycles. The Kier molecular flexibility index (Phi) is 3.81. The number of hydrogen-bond donors (Lipinski definition) is 2. The topological polar surface area (TPSA) is 93.1 Å². The second-order valence-electron chi connectivity index (χ2n) is 10.6. The maximum absolute atomic E-state index is 17.0. The first-order chi connectivity index (χ1) is 13.8. The van der Waals surface area contributed by atoms with E-state index in [9.17, 15) is 19.8 Å². The quantitative estimate of drug-likeness (QED) is 0.678. The molecule has 30 heavy (non-hydrogen) atoms. The fourth-order valence-electron chi connectivity index (χ4n) is 7.68. The average Bonchev–Trinajstić information content (AvgIpc) is 3.04. The molecule has 5 rings (SSSR count). The van der Waals surface area contributed by atoms with E-state index < -0.39 is 52.0 Å². The highest BCUT2D eigenvalue weighted by Gasteiger charge is 2.80. The van der Waals surface area contributed by atoms with Crippen molar-refractivity contribution in [1.29, 1.82) is 0 Å². The molecule has 2 N–H and O–H groups in total. The number of aliphatic hydroxyl groups is 1. The van der Waals surface area contributed by atoms with Gasteiger partial charge in [0.25, 0.3) is 0 Å². The highest BCUT2D eigenvalue weighted by Crippen LogP contribution is 2.72. The molecular weight excluding hydrogens is 391 g/mol. The number of carbonyl (C=O) groups is 2. The molecule has 0 aromatic rings. The molecule has 1 aliphatic heterocycles. The number of carboxylic acid groups (broad SMARTS) is 1. The molecule has 0 radical (unpaired) electrons. The number of ketones is 1. The molecule has 7 heteroatoms. The van der Waals surface area contributed by atoms with Gasteiger partial charge in [0.2, 0.25) is 0 Å². The van der Waals surface area contributed by atoms with Crippen LogP contribution in [0.1, 0.15) is 53.4 Å². The van der Waals surface area contributed by atoms with Crippen molar-refractivity contribution in [1.82, 2.24) is 0 Å². The average molecular weight is 420 g/mol. The lowest BCUT2D eigenvalue weighted by Gasteiger charge is -2.62. The molecule has 4 fully saturated rings. The zero-order chi connectivity index (χ0) is 21.9. The van der Waals surface area contributed by atoms with Gasteiger partial charge in [-0.2, -0.15) is 0 Å². The fraction of sp³-hybridized carbons (Fsp3) is 0.739. The minimum Gasteiger partial charge on any atom is -0.479 e. The van der Waals surface area contributed by atoms with Gasteiger partial charge in [-0.15, -0.1) is 0 Å². The molecule has 6 nitrogen and oxygen atoms in total. The molecule has 0 unspecified atom stereocenters. The number of hydrogen-bond acceptors (Lipinski definition) is 5. The van der Waals surface area contributed by atoms with Crippen LogP contribution in [0.25, 0.3) is 0 Å². The van der Waals surface area contributed by atoms with Gasteiger partial charge in [-0.1, -0.05) is 18.6 Å². The second kappa shape index (κ2) is 5.61. The summed E-state index contributed by atoms with van der Waals surface area (Å²) < 4.78 is 29.1. The number of carbonyl (C=O) groups excluding carboxylic acids is 1. The van der Waals surface area contributed by atoms with Crippen molar-refractivity contribution in [2.75, 3.05) is 0 Å². The van der Waals surface area contributed by atoms with Crippen LogP contribution in [0.5, 0.6) is 0 Å². The molecule has 0 spiro atoms. The molecule has 164 valence electrons. The number of halogens is 1. The van der Waals surface area contributed by atoms with Gasteiger partial charge in [-0.05, 0) is 64.5 Å². The first-order valence-electron chi connectivity index (χ1n) is 10.7. The molecule has 0 aromatic carbocycles. The van der Waals surface area contributed by atoms with Crippen LogP contribution in [-0.4, -0.2) is 51.2 Å². The third-order valence-corrected chi connectivity index (χ3v) is 8.95. The Hall–Kier alpha value is -1.57. The van der Waals surface area contributed by atoms with E-state index in [1.54, 1.807) is 26.8 Å². The minimum atomic E-state index is -1.99. The lowest BCUT2D eigenvalue weighted by molar-refractivity contribution is -0.251. The summed E-state index contributed by atoms with van der Waals surface area (Å²) in [7, 11) is 0. The van der Waals surface area contributed by atoms with Crippen molar-refractivity contribution in [2.24, 2.45) is 22.7 Å². The van der Waals surface area contributed by atoms with Gasteiger partial charge in [0.1, 0.15) is 6.10 Å². The number of aliphatic hydroxyl groups excluding tert-OH is 1. The summed E-state index contributed by atoms with van der Waals surface area (Å²) in [6.45, 7) is 6.94. The SMILES string of the molecule is CC1(C)O[C@@H]2C[C@@H]3[C@@H]4CCC5=CC(=O)C=C[C@]5(C)[C@@]4(F)[C@@H](O)C[C@@]3(C)[C@]2(C(=O)O)O1. The minimum absolute atomic E-state index is 0.0441. The van der Waals surface area contributed by atoms with Gasteiger partial charge in [-0.25, -0.2) is 9.18 Å². The molecule has 0 amide bonds. The van der Waals surface area contributed by atoms with E-state index in [1.807, 2.05) is 6.92 Å². The summed E-state index contributed by atoms with van der Waals surface area (Å²) >= 11 is 0. The van der Waals surface area contributed by atoms with Crippen molar-refractivity contribution in [2.45, 2.75) is 82.6 Å². The molecule has 1 saturated heterocycles. The van der Waals surface area contributed by atoms with Crippen LogP contribution in [0.15, 0.2) is 23.8 Å². The predicted molar refractivity (Wildman–Crippen MR) is 104 cm³/mol. The molecule has 0 aromatic heterocycles. The van der Waals surface area contributed by atoms with Crippen LogP contribution in [-0.2, 0) is 19.1 Å². The van der Waals surface area contributed by atoms with Gasteiger partial charge in [-0.3, -0.25) is 4.79 Å². The van der Waals surface area contributed by atoms with Crippen molar-refractivity contribution >= 4 is 11.8 Å². The van der Waals surface area contributed by atoms with E-state index in [1.165, 1.54) is 12.2 Å². The van der Waals surface area contributed by atoms with E-state index >= 15 is 4.39 Å². The van der Waals surface area contributed by atoms with Crippen LogP contribution in [0, 0.1) is 22.7 Å². The van der Waals surface area contributed by atoms with Gasteiger partial charge in [0.05, 0.1) is 6.10 Å². The molecule has 0 bridgehead atoms. The third kappa shape index (κ3) is 2.04. The Morgan fingerprint density at radius 3 is 2.60 bits per heavy atom. The molecule has 4 aliphatic carbocycles. The van der Waals surface area contributed by atoms with E-state index in [4.69, 9.17) is 9.47 Å². The maximum Gasteiger partial charge on any atom is 0.339 e. The van der Waals surface area contributed by atoms with E-state index in [2.05, 4.69) is 0 Å². The zero-order valence-electron chi connectivity index (χ0n) is 17.8. The molecule has 5 aliphatic rings. The number of rotatable bonds is 1. The highest BCUT2D eigenvalue weighted by atomic mass is 19.1. The summed E-state index contributed by atoms with van der Waals surface area (Å²) in [5.41, 5.74) is -5.00. The van der Waals surface area contributed by atoms with Crippen molar-refractivity contribution in [3.05, 3.63) is 23.8 Å². The Labute approximate surface area is 175 Å². The van der Waals surface area contributed by atoms with Gasteiger partial charge in [0.15, 0.2) is 22.8 Å². The number of fused-ring (bicyclic) bond motifs is 7. The van der Waals surface area contributed by atoms with Gasteiger partial charge in [0, 0.05) is 16.7 Å². The third-order valence-electron chi connectivity index (χ3n) is 8.95. The summed E-state index contributed by atoms with van der Waals surface area (Å²) in [4.78, 5) is 24.5. The van der Waals surface area contributed by atoms with Crippen LogP contribution >= 0.6 is 0 Å². The smallest absolute Gasteiger partial charge is 0.339 e. The molecular formula is C23H29FO6. The van der Waals surface area contributed by atoms with Crippen LogP contribution in [0.2, 0.25) is 0 Å². The molecule has 1 heterocycles. The lowest BCUT2D eigenvalue weighted by atomic mass is 9.45. The van der Waals surface area contributed by atoms with Crippen LogP contribution < -0.4 is 0 Å². The Bertz CT molecular complexity index is 909. The van der Waals surface area contributed by atoms with Crippen molar-refractivity contribution in [3.63, 3.8) is 0 Å². The highest BCUT2D eigenvalue weighted by molar-refractivity contribution is 6.01. The van der Waals surface area contributed by atoms with E-state index in [0.717, 1.165) is 0 Å². The predicted octanol–water partition coefficient (Wildman–Crippen LogP) is 2.94. The summed E-state index contributed by atoms with van der Waals surface area (Å²) in [5, 5.41) is 21.6. The monoisotopic (exact) mass is 420 g/mol. The summed E-state index contributed by atoms with van der Waals surface area (Å²) in [5.74, 6) is -3.24. The Morgan fingerprint density at radius 2 is 1.93 bits per heavy atom. The summed E-state index contributed by atoms with van der Waals surface area (Å²) in [6.07, 6.45) is 3.69. The standard InChI is InChI=1S/C23H29FO6/c1-19(2)29-17-10-15-14-6-5-12-9-13(25)7-8-20(12,3)22(14,24)16(26)11-21(15,4)23(17,30-19)18(27)28/h7-9,14-17,26H,5-6,10-11H2,1-4H3,(H,27,28)/t14-,15+,16-,17+,20-,21+,22-,23-/m0/s1. The Balaban J connectivity index is 1.64. The lowest BCUT2D eigenvalue weighted by Crippen LogP contribution is -2.69. The van der Waals surface area contributed by atoms with Crippen LogP contribution in [0.3, 0.4) is 0 Å². The van der Waals surface area contributed by atoms with Crippen molar-refractivity contribution < 1.29 is 33.7 Å². The number of carboxylic acids is 1.